The number of carbonyl (C=O) groups is 1. The lowest BCUT2D eigenvalue weighted by Crippen LogP contribution is -2.44. The van der Waals surface area contributed by atoms with E-state index in [1.807, 2.05) is 0 Å². The molecule has 0 radical (unpaired) electrons. The Morgan fingerprint density at radius 3 is 2.73 bits per heavy atom. The third-order valence-electron chi connectivity index (χ3n) is 2.46. The fraction of sp³-hybridized carbons (Fsp3) is 0.875. The summed E-state index contributed by atoms with van der Waals surface area (Å²) in [7, 11) is 0. The molecule has 64 valence electrons. The Morgan fingerprint density at radius 1 is 1.64 bits per heavy atom. The van der Waals surface area contributed by atoms with Gasteiger partial charge in [-0.3, -0.25) is 0 Å². The molecule has 1 saturated carbocycles. The molecule has 1 rings (SSSR count). The molecule has 0 aromatic carbocycles. The van der Waals surface area contributed by atoms with E-state index in [1.165, 1.54) is 0 Å². The van der Waals surface area contributed by atoms with Gasteiger partial charge in [0.25, 0.3) is 0 Å². The maximum absolute atomic E-state index is 10.3. The van der Waals surface area contributed by atoms with Gasteiger partial charge in [0.05, 0.1) is 11.7 Å². The van der Waals surface area contributed by atoms with Crippen molar-refractivity contribution in [3.05, 3.63) is 0 Å². The first kappa shape index (κ1) is 8.68. The fourth-order valence-corrected chi connectivity index (χ4v) is 1.43. The average Bonchev–Trinajstić information content (AvgIpc) is 1.95. The molecule has 3 atom stereocenters. The number of carbonyl (C=O) groups excluding carboxylic acids is 1. The van der Waals surface area contributed by atoms with Crippen LogP contribution in [0.3, 0.4) is 0 Å². The highest BCUT2D eigenvalue weighted by molar-refractivity contribution is 5.53. The molecule has 3 heteroatoms. The van der Waals surface area contributed by atoms with Crippen molar-refractivity contribution in [2.24, 2.45) is 5.92 Å². The van der Waals surface area contributed by atoms with E-state index in [0.717, 1.165) is 6.29 Å². The van der Waals surface area contributed by atoms with Gasteiger partial charge in [-0.1, -0.05) is 0 Å². The maximum atomic E-state index is 10.3. The van der Waals surface area contributed by atoms with Crippen LogP contribution in [0.5, 0.6) is 0 Å². The Balaban J connectivity index is 2.54. The molecule has 1 fully saturated rings. The molecule has 1 aliphatic carbocycles. The molecule has 0 spiro atoms. The topological polar surface area (TPSA) is 57.5 Å². The van der Waals surface area contributed by atoms with Crippen LogP contribution in [0.4, 0.5) is 0 Å². The van der Waals surface area contributed by atoms with Crippen molar-refractivity contribution in [1.82, 2.24) is 0 Å². The first-order valence-corrected chi connectivity index (χ1v) is 3.92. The van der Waals surface area contributed by atoms with Crippen LogP contribution in [-0.4, -0.2) is 28.2 Å². The van der Waals surface area contributed by atoms with Gasteiger partial charge in [-0.15, -0.1) is 0 Å². The van der Waals surface area contributed by atoms with Gasteiger partial charge < -0.3 is 15.0 Å². The highest BCUT2D eigenvalue weighted by atomic mass is 16.3. The summed E-state index contributed by atoms with van der Waals surface area (Å²) in [5.41, 5.74) is -0.987. The van der Waals surface area contributed by atoms with E-state index < -0.39 is 11.7 Å². The summed E-state index contributed by atoms with van der Waals surface area (Å²) in [6.45, 7) is 1.61. The molecule has 0 bridgehead atoms. The highest BCUT2D eigenvalue weighted by Crippen LogP contribution is 2.30. The number of aldehydes is 1. The molecule has 3 unspecified atom stereocenters. The van der Waals surface area contributed by atoms with Crippen LogP contribution in [0, 0.1) is 5.92 Å². The van der Waals surface area contributed by atoms with Gasteiger partial charge in [-0.05, 0) is 26.2 Å². The Bertz CT molecular complexity index is 153. The lowest BCUT2D eigenvalue weighted by Gasteiger charge is -2.35. The highest BCUT2D eigenvalue weighted by Gasteiger charge is 2.36. The van der Waals surface area contributed by atoms with E-state index in [2.05, 4.69) is 0 Å². The standard InChI is InChI=1S/C8H14O3/c1-8(11)3-2-6(5-9)4-7(8)10/h5-7,10-11H,2-4H2,1H3. The van der Waals surface area contributed by atoms with Gasteiger partial charge in [0.1, 0.15) is 6.29 Å². The number of hydrogen-bond donors (Lipinski definition) is 2. The first-order chi connectivity index (χ1) is 5.06. The van der Waals surface area contributed by atoms with Gasteiger partial charge >= 0.3 is 0 Å². The number of aliphatic hydroxyl groups excluding tert-OH is 1. The summed E-state index contributed by atoms with van der Waals surface area (Å²) in [4.78, 5) is 10.3. The quantitative estimate of drug-likeness (QED) is 0.532. The van der Waals surface area contributed by atoms with Crippen molar-refractivity contribution in [1.29, 1.82) is 0 Å². The van der Waals surface area contributed by atoms with Gasteiger partial charge in [-0.2, -0.15) is 0 Å². The predicted molar refractivity (Wildman–Crippen MR) is 40.0 cm³/mol. The molecule has 0 saturated heterocycles. The van der Waals surface area contributed by atoms with Crippen molar-refractivity contribution in [2.45, 2.75) is 37.9 Å². The van der Waals surface area contributed by atoms with Crippen molar-refractivity contribution in [3.63, 3.8) is 0 Å². The minimum Gasteiger partial charge on any atom is -0.390 e. The molecular weight excluding hydrogens is 144 g/mol. The van der Waals surface area contributed by atoms with Gasteiger partial charge in [0, 0.05) is 5.92 Å². The molecule has 0 aromatic rings. The van der Waals surface area contributed by atoms with Gasteiger partial charge in [-0.25, -0.2) is 0 Å². The fourth-order valence-electron chi connectivity index (χ4n) is 1.43. The second-order valence-corrected chi connectivity index (χ2v) is 3.54. The van der Waals surface area contributed by atoms with Crippen LogP contribution >= 0.6 is 0 Å². The minimum absolute atomic E-state index is 0.0646. The molecule has 1 aliphatic rings. The Labute approximate surface area is 66.0 Å². The summed E-state index contributed by atoms with van der Waals surface area (Å²) in [5, 5.41) is 18.8. The summed E-state index contributed by atoms with van der Waals surface area (Å²) in [6, 6.07) is 0. The normalized spacial score (nSPS) is 45.4. The van der Waals surface area contributed by atoms with Crippen molar-refractivity contribution < 1.29 is 15.0 Å². The molecule has 0 aromatic heterocycles. The molecule has 2 N–H and O–H groups in total. The van der Waals surface area contributed by atoms with Crippen molar-refractivity contribution in [2.75, 3.05) is 0 Å². The van der Waals surface area contributed by atoms with E-state index in [-0.39, 0.29) is 5.92 Å². The zero-order valence-corrected chi connectivity index (χ0v) is 6.66. The van der Waals surface area contributed by atoms with E-state index >= 15 is 0 Å². The number of rotatable bonds is 1. The van der Waals surface area contributed by atoms with Crippen LogP contribution in [0.15, 0.2) is 0 Å². The third kappa shape index (κ3) is 1.79. The third-order valence-corrected chi connectivity index (χ3v) is 2.46. The van der Waals surface area contributed by atoms with E-state index in [4.69, 9.17) is 0 Å². The SMILES string of the molecule is CC1(O)CCC(C=O)CC1O. The van der Waals surface area contributed by atoms with Crippen LogP contribution < -0.4 is 0 Å². The van der Waals surface area contributed by atoms with Crippen LogP contribution in [0.2, 0.25) is 0 Å². The van der Waals surface area contributed by atoms with Gasteiger partial charge in [0.15, 0.2) is 0 Å². The molecule has 3 nitrogen and oxygen atoms in total. The summed E-state index contributed by atoms with van der Waals surface area (Å²) < 4.78 is 0. The second-order valence-electron chi connectivity index (χ2n) is 3.54. The molecule has 0 aliphatic heterocycles. The minimum atomic E-state index is -0.987. The zero-order valence-electron chi connectivity index (χ0n) is 6.66. The van der Waals surface area contributed by atoms with Crippen LogP contribution in [0.1, 0.15) is 26.2 Å². The van der Waals surface area contributed by atoms with Crippen LogP contribution in [0.25, 0.3) is 0 Å². The zero-order chi connectivity index (χ0) is 8.48. The van der Waals surface area contributed by atoms with E-state index in [9.17, 15) is 15.0 Å². The lowest BCUT2D eigenvalue weighted by molar-refractivity contribution is -0.123. The summed E-state index contributed by atoms with van der Waals surface area (Å²) in [5.74, 6) is -0.0646. The second kappa shape index (κ2) is 2.91. The van der Waals surface area contributed by atoms with Crippen molar-refractivity contribution >= 4 is 6.29 Å². The van der Waals surface area contributed by atoms with Crippen molar-refractivity contribution in [3.8, 4) is 0 Å². The first-order valence-electron chi connectivity index (χ1n) is 3.92. The monoisotopic (exact) mass is 158 g/mol. The summed E-state index contributed by atoms with van der Waals surface area (Å²) in [6.07, 6.45) is 1.71. The summed E-state index contributed by atoms with van der Waals surface area (Å²) >= 11 is 0. The molecule has 0 amide bonds. The Morgan fingerprint density at radius 2 is 2.27 bits per heavy atom. The van der Waals surface area contributed by atoms with Crippen LogP contribution in [-0.2, 0) is 4.79 Å². The maximum Gasteiger partial charge on any atom is 0.123 e. The predicted octanol–water partition coefficient (Wildman–Crippen LogP) is 0.0973. The average molecular weight is 158 g/mol. The lowest BCUT2D eigenvalue weighted by atomic mass is 9.78. The Hall–Kier alpha value is -0.410. The van der Waals surface area contributed by atoms with E-state index in [1.54, 1.807) is 6.92 Å². The number of hydrogen-bond acceptors (Lipinski definition) is 3. The van der Waals surface area contributed by atoms with E-state index in [0.29, 0.717) is 19.3 Å². The Kier molecular flexibility index (Phi) is 2.30. The molecule has 11 heavy (non-hydrogen) atoms. The molecular formula is C8H14O3. The number of aliphatic hydroxyl groups is 2. The van der Waals surface area contributed by atoms with Gasteiger partial charge in [0.2, 0.25) is 0 Å². The largest absolute Gasteiger partial charge is 0.390 e. The smallest absolute Gasteiger partial charge is 0.123 e. The molecule has 0 heterocycles.